The fraction of sp³-hybridized carbons (Fsp3) is 0.0667. The van der Waals surface area contributed by atoms with Crippen molar-refractivity contribution >= 4 is 23.7 Å². The molecule has 2 rings (SSSR count). The van der Waals surface area contributed by atoms with Crippen LogP contribution in [0, 0.1) is 0 Å². The van der Waals surface area contributed by atoms with Gasteiger partial charge in [0.25, 0.3) is 5.91 Å². The summed E-state index contributed by atoms with van der Waals surface area (Å²) in [5, 5.41) is 13.3. The van der Waals surface area contributed by atoms with Crippen LogP contribution in [0.4, 0.5) is 13.2 Å². The molecule has 23 heavy (non-hydrogen) atoms. The molecule has 0 aromatic heterocycles. The van der Waals surface area contributed by atoms with Crippen LogP contribution in [-0.2, 0) is 6.18 Å². The number of halogens is 4. The Balaban J connectivity index is 2.17. The zero-order valence-electron chi connectivity index (χ0n) is 11.4. The predicted octanol–water partition coefficient (Wildman–Crippen LogP) is 3.83. The molecule has 0 saturated heterocycles. The van der Waals surface area contributed by atoms with E-state index in [0.29, 0.717) is 0 Å². The van der Waals surface area contributed by atoms with Crippen molar-refractivity contribution in [3.8, 4) is 5.75 Å². The molecule has 0 saturated carbocycles. The molecule has 1 amide bonds. The number of amides is 1. The molecule has 0 aliphatic rings. The van der Waals surface area contributed by atoms with Crippen LogP contribution < -0.4 is 5.43 Å². The first-order chi connectivity index (χ1) is 10.8. The highest BCUT2D eigenvalue weighted by molar-refractivity contribution is 6.31. The third-order valence-electron chi connectivity index (χ3n) is 2.84. The van der Waals surface area contributed by atoms with E-state index in [0.717, 1.165) is 12.3 Å². The Morgan fingerprint density at radius 2 is 1.91 bits per heavy atom. The molecule has 8 heteroatoms. The molecule has 2 aromatic rings. The number of hydrazone groups is 1. The van der Waals surface area contributed by atoms with Gasteiger partial charge in [-0.15, -0.1) is 0 Å². The second-order valence-corrected chi connectivity index (χ2v) is 4.88. The van der Waals surface area contributed by atoms with Gasteiger partial charge in [0, 0.05) is 10.6 Å². The molecule has 0 aliphatic carbocycles. The largest absolute Gasteiger partial charge is 0.507 e. The summed E-state index contributed by atoms with van der Waals surface area (Å²) < 4.78 is 38.4. The van der Waals surface area contributed by atoms with Gasteiger partial charge in [0.15, 0.2) is 0 Å². The molecule has 0 bridgehead atoms. The monoisotopic (exact) mass is 342 g/mol. The lowest BCUT2D eigenvalue weighted by molar-refractivity contribution is -0.137. The standard InChI is InChI=1S/C15H10ClF3N2O2/c16-10-5-6-13(22)11(7-10)14(23)21-20-8-9-3-1-2-4-12(9)15(17,18)19/h1-8,22H,(H,21,23)/b20-8+. The summed E-state index contributed by atoms with van der Waals surface area (Å²) in [5.74, 6) is -1.12. The zero-order valence-corrected chi connectivity index (χ0v) is 12.2. The minimum atomic E-state index is -4.53. The van der Waals surface area contributed by atoms with Gasteiger partial charge in [0.2, 0.25) is 0 Å². The number of carbonyl (C=O) groups excluding carboxylic acids is 1. The first-order valence-electron chi connectivity index (χ1n) is 6.27. The van der Waals surface area contributed by atoms with Gasteiger partial charge in [0.1, 0.15) is 5.75 Å². The van der Waals surface area contributed by atoms with Gasteiger partial charge in [-0.2, -0.15) is 18.3 Å². The number of nitrogens with zero attached hydrogens (tertiary/aromatic N) is 1. The van der Waals surface area contributed by atoms with Crippen molar-refractivity contribution in [2.45, 2.75) is 6.18 Å². The lowest BCUT2D eigenvalue weighted by Gasteiger charge is -2.09. The SMILES string of the molecule is O=C(N/N=C/c1ccccc1C(F)(F)F)c1cc(Cl)ccc1O. The normalized spacial score (nSPS) is 11.7. The maximum atomic E-state index is 12.8. The average Bonchev–Trinajstić information content (AvgIpc) is 2.49. The van der Waals surface area contributed by atoms with E-state index >= 15 is 0 Å². The van der Waals surface area contributed by atoms with Crippen LogP contribution in [0.5, 0.6) is 5.75 Å². The second-order valence-electron chi connectivity index (χ2n) is 4.45. The van der Waals surface area contributed by atoms with Crippen molar-refractivity contribution in [1.82, 2.24) is 5.43 Å². The molecule has 0 heterocycles. The number of phenolic OH excluding ortho intramolecular Hbond substituents is 1. The van der Waals surface area contributed by atoms with Crippen LogP contribution in [0.2, 0.25) is 5.02 Å². The van der Waals surface area contributed by atoms with Crippen LogP contribution >= 0.6 is 11.6 Å². The predicted molar refractivity (Wildman–Crippen MR) is 79.6 cm³/mol. The summed E-state index contributed by atoms with van der Waals surface area (Å²) in [6.07, 6.45) is -3.65. The highest BCUT2D eigenvalue weighted by Crippen LogP contribution is 2.31. The Bertz CT molecular complexity index is 761. The Morgan fingerprint density at radius 1 is 1.22 bits per heavy atom. The van der Waals surface area contributed by atoms with Gasteiger partial charge in [-0.1, -0.05) is 29.8 Å². The minimum absolute atomic E-state index is 0.140. The van der Waals surface area contributed by atoms with E-state index in [1.165, 1.54) is 36.4 Å². The van der Waals surface area contributed by atoms with Crippen molar-refractivity contribution in [3.63, 3.8) is 0 Å². The quantitative estimate of drug-likeness (QED) is 0.658. The molecule has 0 fully saturated rings. The molecular formula is C15H10ClF3N2O2. The van der Waals surface area contributed by atoms with Crippen LogP contribution in [0.25, 0.3) is 0 Å². The summed E-state index contributed by atoms with van der Waals surface area (Å²) >= 11 is 5.71. The average molecular weight is 343 g/mol. The summed E-state index contributed by atoms with van der Waals surface area (Å²) in [6.45, 7) is 0. The summed E-state index contributed by atoms with van der Waals surface area (Å²) in [7, 11) is 0. The molecule has 0 atom stereocenters. The van der Waals surface area contributed by atoms with Gasteiger partial charge in [-0.05, 0) is 24.3 Å². The molecule has 0 radical (unpaired) electrons. The Labute approximate surface area is 134 Å². The summed E-state index contributed by atoms with van der Waals surface area (Å²) in [5.41, 5.74) is 0.828. The number of phenols is 1. The van der Waals surface area contributed by atoms with Crippen molar-refractivity contribution in [2.75, 3.05) is 0 Å². The molecule has 0 spiro atoms. The van der Waals surface area contributed by atoms with Crippen LogP contribution in [-0.4, -0.2) is 17.2 Å². The van der Waals surface area contributed by atoms with E-state index in [2.05, 4.69) is 5.10 Å². The maximum absolute atomic E-state index is 12.8. The fourth-order valence-corrected chi connectivity index (χ4v) is 1.95. The number of alkyl halides is 3. The number of carbonyl (C=O) groups is 1. The van der Waals surface area contributed by atoms with Crippen LogP contribution in [0.3, 0.4) is 0 Å². The molecule has 2 aromatic carbocycles. The van der Waals surface area contributed by atoms with E-state index in [1.54, 1.807) is 0 Å². The number of hydrogen-bond acceptors (Lipinski definition) is 3. The third-order valence-corrected chi connectivity index (χ3v) is 3.07. The molecule has 0 aliphatic heterocycles. The van der Waals surface area contributed by atoms with Crippen molar-refractivity contribution in [3.05, 3.63) is 64.2 Å². The van der Waals surface area contributed by atoms with E-state index in [9.17, 15) is 23.1 Å². The smallest absolute Gasteiger partial charge is 0.417 e. The topological polar surface area (TPSA) is 61.7 Å². The van der Waals surface area contributed by atoms with Gasteiger partial charge in [-0.25, -0.2) is 5.43 Å². The molecule has 2 N–H and O–H groups in total. The third kappa shape index (κ3) is 4.23. The number of benzene rings is 2. The van der Waals surface area contributed by atoms with Crippen molar-refractivity contribution in [2.24, 2.45) is 5.10 Å². The maximum Gasteiger partial charge on any atom is 0.417 e. The van der Waals surface area contributed by atoms with E-state index in [4.69, 9.17) is 11.6 Å². The van der Waals surface area contributed by atoms with E-state index in [1.807, 2.05) is 5.43 Å². The number of hydrogen-bond donors (Lipinski definition) is 2. The molecule has 4 nitrogen and oxygen atoms in total. The molecule has 0 unspecified atom stereocenters. The van der Waals surface area contributed by atoms with Crippen LogP contribution in [0.15, 0.2) is 47.6 Å². The van der Waals surface area contributed by atoms with Gasteiger partial charge in [0.05, 0.1) is 17.3 Å². The van der Waals surface area contributed by atoms with E-state index < -0.39 is 17.6 Å². The highest BCUT2D eigenvalue weighted by atomic mass is 35.5. The fourth-order valence-electron chi connectivity index (χ4n) is 1.78. The second kappa shape index (κ2) is 6.70. The van der Waals surface area contributed by atoms with Crippen molar-refractivity contribution in [1.29, 1.82) is 0 Å². The van der Waals surface area contributed by atoms with Crippen LogP contribution in [0.1, 0.15) is 21.5 Å². The first kappa shape index (κ1) is 16.8. The number of aromatic hydroxyl groups is 1. The highest BCUT2D eigenvalue weighted by Gasteiger charge is 2.32. The van der Waals surface area contributed by atoms with E-state index in [-0.39, 0.29) is 21.9 Å². The van der Waals surface area contributed by atoms with Gasteiger partial charge < -0.3 is 5.11 Å². The number of nitrogens with one attached hydrogen (secondary N) is 1. The van der Waals surface area contributed by atoms with Crippen molar-refractivity contribution < 1.29 is 23.1 Å². The lowest BCUT2D eigenvalue weighted by Crippen LogP contribution is -2.18. The zero-order chi connectivity index (χ0) is 17.0. The van der Waals surface area contributed by atoms with Gasteiger partial charge in [-0.3, -0.25) is 4.79 Å². The Hall–Kier alpha value is -2.54. The summed E-state index contributed by atoms with van der Waals surface area (Å²) in [6, 6.07) is 8.62. The molecule has 120 valence electrons. The minimum Gasteiger partial charge on any atom is -0.507 e. The number of rotatable bonds is 3. The first-order valence-corrected chi connectivity index (χ1v) is 6.65. The lowest BCUT2D eigenvalue weighted by atomic mass is 10.1. The Kier molecular flexibility index (Phi) is 4.90. The Morgan fingerprint density at radius 3 is 2.61 bits per heavy atom. The summed E-state index contributed by atoms with van der Waals surface area (Å²) in [4.78, 5) is 11.8. The van der Waals surface area contributed by atoms with Gasteiger partial charge >= 0.3 is 6.18 Å². The molecular weight excluding hydrogens is 333 g/mol.